The Labute approximate surface area is 157 Å². The molecule has 0 saturated carbocycles. The molecular weight excluding hydrogens is 344 g/mol. The molecule has 0 spiro atoms. The first-order valence-electron chi connectivity index (χ1n) is 9.04. The molecule has 3 heterocycles. The Morgan fingerprint density at radius 3 is 2.89 bits per heavy atom. The van der Waals surface area contributed by atoms with E-state index >= 15 is 0 Å². The maximum absolute atomic E-state index is 12.8. The SMILES string of the molecule is Cc1cc(C(=O)NC[C@@H]2COc3ccccc3O2)c2cnn(C(C)C)c2n1. The summed E-state index contributed by atoms with van der Waals surface area (Å²) in [4.78, 5) is 17.4. The number of rotatable bonds is 4. The number of aryl methyl sites for hydroxylation is 1. The number of ether oxygens (including phenoxy) is 2. The van der Waals surface area contributed by atoms with Gasteiger partial charge in [0.05, 0.1) is 23.7 Å². The second-order valence-corrected chi connectivity index (χ2v) is 6.94. The number of pyridine rings is 1. The van der Waals surface area contributed by atoms with Gasteiger partial charge < -0.3 is 14.8 Å². The van der Waals surface area contributed by atoms with Crippen molar-refractivity contribution in [3.05, 3.63) is 47.8 Å². The summed E-state index contributed by atoms with van der Waals surface area (Å²) in [6, 6.07) is 9.48. The second kappa shape index (κ2) is 6.90. The van der Waals surface area contributed by atoms with Crippen molar-refractivity contribution in [2.75, 3.05) is 13.2 Å². The summed E-state index contributed by atoms with van der Waals surface area (Å²) in [6.45, 7) is 6.70. The first-order chi connectivity index (χ1) is 13.0. The molecule has 7 nitrogen and oxygen atoms in total. The zero-order valence-electron chi connectivity index (χ0n) is 15.6. The molecule has 4 rings (SSSR count). The number of fused-ring (bicyclic) bond motifs is 2. The van der Waals surface area contributed by atoms with Crippen LogP contribution in [0.1, 0.15) is 35.9 Å². The molecule has 0 aliphatic carbocycles. The van der Waals surface area contributed by atoms with E-state index < -0.39 is 0 Å². The largest absolute Gasteiger partial charge is 0.486 e. The summed E-state index contributed by atoms with van der Waals surface area (Å²) in [5.41, 5.74) is 2.07. The van der Waals surface area contributed by atoms with Gasteiger partial charge in [0.25, 0.3) is 5.91 Å². The van der Waals surface area contributed by atoms with Crippen molar-refractivity contribution in [3.8, 4) is 11.5 Å². The predicted octanol–water partition coefficient (Wildman–Crippen LogP) is 2.89. The summed E-state index contributed by atoms with van der Waals surface area (Å²) < 4.78 is 13.4. The number of benzene rings is 1. The lowest BCUT2D eigenvalue weighted by Crippen LogP contribution is -2.40. The van der Waals surface area contributed by atoms with Gasteiger partial charge >= 0.3 is 0 Å². The highest BCUT2D eigenvalue weighted by molar-refractivity contribution is 6.05. The summed E-state index contributed by atoms with van der Waals surface area (Å²) >= 11 is 0. The van der Waals surface area contributed by atoms with Crippen molar-refractivity contribution in [1.82, 2.24) is 20.1 Å². The van der Waals surface area contributed by atoms with Crippen LogP contribution in [0.5, 0.6) is 11.5 Å². The van der Waals surface area contributed by atoms with E-state index in [1.807, 2.05) is 49.7 Å². The van der Waals surface area contributed by atoms with Crippen LogP contribution in [0, 0.1) is 6.92 Å². The third kappa shape index (κ3) is 3.32. The van der Waals surface area contributed by atoms with E-state index in [1.165, 1.54) is 0 Å². The van der Waals surface area contributed by atoms with Crippen molar-refractivity contribution in [2.45, 2.75) is 32.9 Å². The molecule has 27 heavy (non-hydrogen) atoms. The number of para-hydroxylation sites is 2. The lowest BCUT2D eigenvalue weighted by Gasteiger charge is -2.26. The van der Waals surface area contributed by atoms with Gasteiger partial charge in [-0.05, 0) is 39.0 Å². The molecular formula is C20H22N4O3. The van der Waals surface area contributed by atoms with Crippen LogP contribution in [-0.4, -0.2) is 39.9 Å². The highest BCUT2D eigenvalue weighted by Crippen LogP contribution is 2.30. The highest BCUT2D eigenvalue weighted by Gasteiger charge is 2.22. The van der Waals surface area contributed by atoms with Gasteiger partial charge in [-0.25, -0.2) is 9.67 Å². The number of aromatic nitrogens is 3. The number of amides is 1. The molecule has 1 aromatic carbocycles. The zero-order chi connectivity index (χ0) is 19.0. The Kier molecular flexibility index (Phi) is 4.43. The lowest BCUT2D eigenvalue weighted by molar-refractivity contribution is 0.0790. The van der Waals surface area contributed by atoms with Crippen molar-refractivity contribution in [2.24, 2.45) is 0 Å². The quantitative estimate of drug-likeness (QED) is 0.768. The zero-order valence-corrected chi connectivity index (χ0v) is 15.6. The minimum atomic E-state index is -0.235. The van der Waals surface area contributed by atoms with Crippen LogP contribution in [-0.2, 0) is 0 Å². The molecule has 1 atom stereocenters. The van der Waals surface area contributed by atoms with E-state index in [2.05, 4.69) is 15.4 Å². The van der Waals surface area contributed by atoms with Gasteiger partial charge in [0.15, 0.2) is 17.1 Å². The third-order valence-corrected chi connectivity index (χ3v) is 4.49. The molecule has 0 unspecified atom stereocenters. The van der Waals surface area contributed by atoms with E-state index in [-0.39, 0.29) is 18.1 Å². The second-order valence-electron chi connectivity index (χ2n) is 6.94. The van der Waals surface area contributed by atoms with Crippen LogP contribution in [0.15, 0.2) is 36.5 Å². The fourth-order valence-corrected chi connectivity index (χ4v) is 3.17. The maximum atomic E-state index is 12.8. The first kappa shape index (κ1) is 17.3. The average molecular weight is 366 g/mol. The van der Waals surface area contributed by atoms with Gasteiger partial charge in [0.2, 0.25) is 0 Å². The number of carbonyl (C=O) groups excluding carboxylic acids is 1. The van der Waals surface area contributed by atoms with Crippen LogP contribution in [0.3, 0.4) is 0 Å². The van der Waals surface area contributed by atoms with Crippen molar-refractivity contribution >= 4 is 16.9 Å². The molecule has 0 radical (unpaired) electrons. The fourth-order valence-electron chi connectivity index (χ4n) is 3.17. The number of hydrogen-bond acceptors (Lipinski definition) is 5. The molecule has 3 aromatic rings. The molecule has 140 valence electrons. The van der Waals surface area contributed by atoms with E-state index in [0.717, 1.165) is 22.5 Å². The fraction of sp³-hybridized carbons (Fsp3) is 0.350. The molecule has 1 aliphatic rings. The van der Waals surface area contributed by atoms with E-state index in [1.54, 1.807) is 12.3 Å². The van der Waals surface area contributed by atoms with Gasteiger partial charge in [0.1, 0.15) is 12.7 Å². The van der Waals surface area contributed by atoms with E-state index in [9.17, 15) is 4.79 Å². The smallest absolute Gasteiger partial charge is 0.252 e. The molecule has 1 N–H and O–H groups in total. The number of hydrogen-bond donors (Lipinski definition) is 1. The van der Waals surface area contributed by atoms with Crippen molar-refractivity contribution < 1.29 is 14.3 Å². The van der Waals surface area contributed by atoms with Crippen molar-refractivity contribution in [3.63, 3.8) is 0 Å². The molecule has 2 aromatic heterocycles. The minimum absolute atomic E-state index is 0.167. The topological polar surface area (TPSA) is 78.3 Å². The number of carbonyl (C=O) groups is 1. The van der Waals surface area contributed by atoms with Crippen LogP contribution < -0.4 is 14.8 Å². The molecule has 7 heteroatoms. The monoisotopic (exact) mass is 366 g/mol. The Balaban J connectivity index is 1.51. The Morgan fingerprint density at radius 1 is 1.33 bits per heavy atom. The molecule has 1 amide bonds. The number of nitrogens with one attached hydrogen (secondary N) is 1. The predicted molar refractivity (Wildman–Crippen MR) is 101 cm³/mol. The molecule has 0 saturated heterocycles. The molecule has 1 aliphatic heterocycles. The Hall–Kier alpha value is -3.09. The van der Waals surface area contributed by atoms with Crippen LogP contribution in [0.2, 0.25) is 0 Å². The minimum Gasteiger partial charge on any atom is -0.486 e. The van der Waals surface area contributed by atoms with Crippen LogP contribution >= 0.6 is 0 Å². The van der Waals surface area contributed by atoms with Gasteiger partial charge in [0, 0.05) is 11.7 Å². The Bertz CT molecular complexity index is 996. The van der Waals surface area contributed by atoms with E-state index in [4.69, 9.17) is 9.47 Å². The molecule has 0 fully saturated rings. The summed E-state index contributed by atoms with van der Waals surface area (Å²) in [6.07, 6.45) is 1.47. The maximum Gasteiger partial charge on any atom is 0.252 e. The highest BCUT2D eigenvalue weighted by atomic mass is 16.6. The van der Waals surface area contributed by atoms with Gasteiger partial charge in [-0.15, -0.1) is 0 Å². The van der Waals surface area contributed by atoms with Crippen LogP contribution in [0.4, 0.5) is 0 Å². The standard InChI is InChI=1S/C20H22N4O3/c1-12(2)24-19-16(10-22-24)15(8-13(3)23-19)20(25)21-9-14-11-26-17-6-4-5-7-18(17)27-14/h4-8,10,12,14H,9,11H2,1-3H3,(H,21,25)/t14-/m1/s1. The van der Waals surface area contributed by atoms with E-state index in [0.29, 0.717) is 24.5 Å². The van der Waals surface area contributed by atoms with Gasteiger partial charge in [-0.2, -0.15) is 5.10 Å². The van der Waals surface area contributed by atoms with Gasteiger partial charge in [-0.1, -0.05) is 12.1 Å². The Morgan fingerprint density at radius 2 is 2.11 bits per heavy atom. The molecule has 0 bridgehead atoms. The van der Waals surface area contributed by atoms with Gasteiger partial charge in [-0.3, -0.25) is 4.79 Å². The van der Waals surface area contributed by atoms with Crippen LogP contribution in [0.25, 0.3) is 11.0 Å². The summed E-state index contributed by atoms with van der Waals surface area (Å²) in [5, 5.41) is 8.08. The first-order valence-corrected chi connectivity index (χ1v) is 9.04. The number of nitrogens with zero attached hydrogens (tertiary/aromatic N) is 3. The average Bonchev–Trinajstić information content (AvgIpc) is 3.09. The summed E-state index contributed by atoms with van der Waals surface area (Å²) in [5.74, 6) is 1.26. The van der Waals surface area contributed by atoms with Crippen molar-refractivity contribution in [1.29, 1.82) is 0 Å². The normalized spacial score (nSPS) is 15.9. The summed E-state index contributed by atoms with van der Waals surface area (Å²) in [7, 11) is 0. The lowest BCUT2D eigenvalue weighted by atomic mass is 10.1. The third-order valence-electron chi connectivity index (χ3n) is 4.49.